The Morgan fingerprint density at radius 3 is 1.58 bits per heavy atom. The average Bonchev–Trinajstić information content (AvgIpc) is 0.806. The van der Waals surface area contributed by atoms with E-state index < -0.39 is 77.1 Å². The molecule has 34 heteroatoms. The normalized spacial score (nSPS) is 13.3. The first-order valence-corrected chi connectivity index (χ1v) is 36.8. The summed E-state index contributed by atoms with van der Waals surface area (Å²) in [6, 6.07) is 13.0. The molecule has 1 heterocycles. The molecule has 4 rings (SSSR count). The number of pyridine rings is 1. The van der Waals surface area contributed by atoms with Crippen molar-refractivity contribution < 1.29 is 86.4 Å². The second kappa shape index (κ2) is 52.6. The van der Waals surface area contributed by atoms with Gasteiger partial charge in [0, 0.05) is 107 Å². The molecular formula is C72H109N15O18S. The van der Waals surface area contributed by atoms with Crippen molar-refractivity contribution >= 4 is 101 Å². The number of nitrogens with one attached hydrogen (secondary N) is 12. The lowest BCUT2D eigenvalue weighted by atomic mass is 9.80. The van der Waals surface area contributed by atoms with E-state index in [1.54, 1.807) is 48.8 Å². The summed E-state index contributed by atoms with van der Waals surface area (Å²) >= 11 is 3.98. The molecule has 4 atom stereocenters. The fourth-order valence-electron chi connectivity index (χ4n) is 10.9. The van der Waals surface area contributed by atoms with Crippen LogP contribution in [0.3, 0.4) is 0 Å². The summed E-state index contributed by atoms with van der Waals surface area (Å²) in [4.78, 5) is 170. The molecule has 1 aliphatic carbocycles. The Kier molecular flexibility index (Phi) is 44.2. The molecule has 1 saturated carbocycles. The van der Waals surface area contributed by atoms with Crippen molar-refractivity contribution in [1.29, 1.82) is 0 Å². The summed E-state index contributed by atoms with van der Waals surface area (Å²) in [6.07, 6.45) is 7.99. The third kappa shape index (κ3) is 39.1. The van der Waals surface area contributed by atoms with Gasteiger partial charge in [0.2, 0.25) is 65.0 Å². The molecular weight excluding hydrogens is 1390 g/mol. The van der Waals surface area contributed by atoms with E-state index >= 15 is 0 Å². The number of hydrogen-bond acceptors (Lipinski definition) is 20. The fraction of sp³-hybridized carbons (Fsp3) is 0.583. The zero-order valence-electron chi connectivity index (χ0n) is 60.6. The van der Waals surface area contributed by atoms with Crippen LogP contribution in [0, 0.1) is 6.92 Å². The molecule has 0 aliphatic heterocycles. The average molecular weight is 1500 g/mol. The highest BCUT2D eigenvalue weighted by Gasteiger charge is 2.42. The molecule has 0 radical (unpaired) electrons. The van der Waals surface area contributed by atoms with Gasteiger partial charge in [0.05, 0.1) is 65.3 Å². The van der Waals surface area contributed by atoms with Crippen LogP contribution in [0.5, 0.6) is 0 Å². The minimum atomic E-state index is -1.36. The van der Waals surface area contributed by atoms with Gasteiger partial charge in [-0.15, -0.1) is 0 Å². The van der Waals surface area contributed by atoms with E-state index in [-0.39, 0.29) is 185 Å². The van der Waals surface area contributed by atoms with Crippen molar-refractivity contribution in [3.8, 4) is 0 Å². The molecule has 3 aromatic rings. The molecule has 1 fully saturated rings. The second-order valence-electron chi connectivity index (χ2n) is 25.4. The Balaban J connectivity index is 1.11. The number of carbonyl (C=O) groups excluding carboxylic acids is 12. The number of aliphatic carboxylic acids is 1. The number of carbonyl (C=O) groups is 13. The highest BCUT2D eigenvalue weighted by atomic mass is 32.1. The number of amides is 13. The molecule has 0 saturated heterocycles. The topological polar surface area (TPSA) is 488 Å². The molecule has 17 N–H and O–H groups in total. The number of aromatic nitrogens is 1. The van der Waals surface area contributed by atoms with E-state index in [1.165, 1.54) is 0 Å². The molecule has 1 aliphatic rings. The van der Waals surface area contributed by atoms with Crippen molar-refractivity contribution in [2.24, 2.45) is 11.5 Å². The third-order valence-corrected chi connectivity index (χ3v) is 17.2. The van der Waals surface area contributed by atoms with Crippen molar-refractivity contribution in [2.75, 3.05) is 109 Å². The fourth-order valence-corrected chi connectivity index (χ4v) is 11.1. The first kappa shape index (κ1) is 89.0. The van der Waals surface area contributed by atoms with Gasteiger partial charge in [0.25, 0.3) is 0 Å². The van der Waals surface area contributed by atoms with Gasteiger partial charge in [-0.3, -0.25) is 62.5 Å². The van der Waals surface area contributed by atoms with Crippen LogP contribution in [0.15, 0.2) is 73.1 Å². The summed E-state index contributed by atoms with van der Waals surface area (Å²) in [5.41, 5.74) is 13.2. The Morgan fingerprint density at radius 2 is 1.03 bits per heavy atom. The number of anilines is 2. The van der Waals surface area contributed by atoms with Crippen LogP contribution in [-0.4, -0.2) is 215 Å². The van der Waals surface area contributed by atoms with Gasteiger partial charge in [-0.2, -0.15) is 12.6 Å². The van der Waals surface area contributed by atoms with Crippen molar-refractivity contribution in [1.82, 2.24) is 58.2 Å². The predicted molar refractivity (Wildman–Crippen MR) is 396 cm³/mol. The number of thiol groups is 1. The third-order valence-electron chi connectivity index (χ3n) is 16.8. The lowest BCUT2D eigenvalue weighted by molar-refractivity contribution is -0.138. The van der Waals surface area contributed by atoms with Crippen LogP contribution < -0.4 is 75.3 Å². The number of rotatable bonds is 55. The molecule has 0 bridgehead atoms. The number of unbranched alkanes of at least 4 members (excludes halogenated alkanes) is 2. The number of para-hydroxylation sites is 1. The number of carboxylic acid groups (broad SMARTS) is 1. The lowest BCUT2D eigenvalue weighted by Crippen LogP contribution is -2.63. The van der Waals surface area contributed by atoms with Gasteiger partial charge in [0.15, 0.2) is 0 Å². The zero-order chi connectivity index (χ0) is 77.2. The highest BCUT2D eigenvalue weighted by Crippen LogP contribution is 2.29. The van der Waals surface area contributed by atoms with E-state index in [4.69, 9.17) is 30.4 Å². The van der Waals surface area contributed by atoms with Crippen LogP contribution in [-0.2, 0) is 89.3 Å². The maximum atomic E-state index is 14.4. The van der Waals surface area contributed by atoms with Crippen LogP contribution in [0.25, 0.3) is 0 Å². The van der Waals surface area contributed by atoms with Gasteiger partial charge in [0.1, 0.15) is 23.7 Å². The van der Waals surface area contributed by atoms with Crippen LogP contribution in [0.1, 0.15) is 139 Å². The van der Waals surface area contributed by atoms with Crippen LogP contribution in [0.4, 0.5) is 16.2 Å². The molecule has 13 amide bonds. The van der Waals surface area contributed by atoms with Gasteiger partial charge < -0.3 is 99.3 Å². The summed E-state index contributed by atoms with van der Waals surface area (Å²) in [7, 11) is 0. The number of carboxylic acids is 1. The van der Waals surface area contributed by atoms with E-state index in [9.17, 15) is 67.4 Å². The Hall–Kier alpha value is -9.35. The second-order valence-corrected chi connectivity index (χ2v) is 25.8. The van der Waals surface area contributed by atoms with Gasteiger partial charge in [-0.05, 0) is 119 Å². The Morgan fingerprint density at radius 1 is 0.509 bits per heavy atom. The SMILES string of the molecule is Cc1ccccc1NC(=O)Nc1ccc(CC(=O)N[C@@H](CCCCNC(=O)CCc2cccnc2)C(=O)N[C@@H](CCCC(=O)O)C(=O)NC2(C(=O)NCCOCCOCCNC(=O)CCC(=O)NCCOCCOCCNC(=O)CCC(=O)N[C@@H](CCCCNC(=O)[C@H](N)CS)C(N)=O)CCCCC2)cc1. The number of hydrogen-bond donors (Lipinski definition) is 16. The van der Waals surface area contributed by atoms with Gasteiger partial charge in [-0.25, -0.2) is 4.79 Å². The smallest absolute Gasteiger partial charge is 0.323 e. The molecule has 2 aromatic carbocycles. The van der Waals surface area contributed by atoms with Crippen molar-refractivity contribution in [3.05, 3.63) is 89.7 Å². The number of primary amides is 1. The predicted octanol–water partition coefficient (Wildman–Crippen LogP) is 1.14. The molecule has 0 spiro atoms. The number of nitrogens with zero attached hydrogens (tertiary/aromatic N) is 1. The van der Waals surface area contributed by atoms with Gasteiger partial charge in [-0.1, -0.05) is 55.7 Å². The molecule has 33 nitrogen and oxygen atoms in total. The van der Waals surface area contributed by atoms with E-state index in [0.717, 1.165) is 17.5 Å². The molecule has 0 unspecified atom stereocenters. The van der Waals surface area contributed by atoms with Gasteiger partial charge >= 0.3 is 12.0 Å². The van der Waals surface area contributed by atoms with Crippen LogP contribution in [0.2, 0.25) is 0 Å². The summed E-state index contributed by atoms with van der Waals surface area (Å²) in [5, 5.41) is 42.6. The minimum absolute atomic E-state index is 0.00150. The quantitative estimate of drug-likeness (QED) is 0.0278. The molecule has 106 heavy (non-hydrogen) atoms. The number of benzene rings is 2. The lowest BCUT2D eigenvalue weighted by Gasteiger charge is -2.38. The Bertz CT molecular complexity index is 3240. The largest absolute Gasteiger partial charge is 0.481 e. The Labute approximate surface area is 624 Å². The summed E-state index contributed by atoms with van der Waals surface area (Å²) in [5.74, 6) is -6.08. The highest BCUT2D eigenvalue weighted by molar-refractivity contribution is 7.80. The van der Waals surface area contributed by atoms with Crippen molar-refractivity contribution in [3.63, 3.8) is 0 Å². The number of urea groups is 1. The van der Waals surface area contributed by atoms with Crippen molar-refractivity contribution in [2.45, 2.75) is 171 Å². The monoisotopic (exact) mass is 1500 g/mol. The first-order chi connectivity index (χ1) is 51.1. The number of ether oxygens (including phenoxy) is 4. The zero-order valence-corrected chi connectivity index (χ0v) is 61.5. The molecule has 586 valence electrons. The number of aryl methyl sites for hydroxylation is 2. The molecule has 1 aromatic heterocycles. The minimum Gasteiger partial charge on any atom is -0.481 e. The maximum absolute atomic E-state index is 14.4. The maximum Gasteiger partial charge on any atom is 0.323 e. The van der Waals surface area contributed by atoms with E-state index in [0.29, 0.717) is 87.8 Å². The number of nitrogens with two attached hydrogens (primary N) is 2. The summed E-state index contributed by atoms with van der Waals surface area (Å²) in [6.45, 7) is 4.55. The standard InChI is InChI=1S/C72H109N15O18S/c1-50-13-3-4-15-55(50)86-71(101)82-53-23-20-51(21-24-53)47-64(93)84-57(17-6-9-33-76-59(88)25-22-52-14-12-32-75-48-52)68(98)85-58(18-11-19-65(94)95)69(99)87-72(30-7-2-8-31-72)70(100)81-38-42-105-46-45-104-40-36-78-61(90)27-26-60(89)77-35-39-102-43-44-103-41-37-79-62(91)28-29-63(92)83-56(66(74)96)16-5-10-34-80-67(97)54(73)49-106/h3-4,12-15,20-21,23-24,32,48,54,56-58,106H,2,5-11,16-19,22,25-31,33-47,49,73H2,1H3,(H2,74,96)(H,76,88)(H,77,89)(H,78,90)(H,79,91)(H,80,97)(H,81,100)(H,83,92)(H,84,93)(H,85,98)(H,87,99)(H,94,95)(H2,82,86,101)/t54-,56+,57+,58+/m1/s1. The van der Waals surface area contributed by atoms with E-state index in [1.807, 2.05) is 31.2 Å². The summed E-state index contributed by atoms with van der Waals surface area (Å²) < 4.78 is 22.1. The van der Waals surface area contributed by atoms with E-state index in [2.05, 4.69) is 81.4 Å². The first-order valence-electron chi connectivity index (χ1n) is 36.2. The van der Waals surface area contributed by atoms with Crippen LogP contribution >= 0.6 is 12.6 Å².